The van der Waals surface area contributed by atoms with Crippen LogP contribution in [-0.2, 0) is 0 Å². The summed E-state index contributed by atoms with van der Waals surface area (Å²) in [6.07, 6.45) is -0.455. The summed E-state index contributed by atoms with van der Waals surface area (Å²) in [4.78, 5) is 0. The number of benzene rings is 6. The average Bonchev–Trinajstić information content (AvgIpc) is 3.29. The molecule has 0 unspecified atom stereocenters. The highest BCUT2D eigenvalue weighted by Crippen LogP contribution is 2.52. The summed E-state index contributed by atoms with van der Waals surface area (Å²) in [5, 5.41) is 25.2. The minimum Gasteiger partial charge on any atom is -0.507 e. The van der Waals surface area contributed by atoms with Crippen molar-refractivity contribution in [1.82, 2.24) is 0 Å². The third-order valence-electron chi connectivity index (χ3n) is 14.6. The Morgan fingerprint density at radius 3 is 0.890 bits per heavy atom. The number of rotatable bonds is 18. The molecule has 0 aliphatic carbocycles. The minimum absolute atomic E-state index is 0.0880. The number of phenolic OH excluding ortho intramolecular Hbond substituents is 2. The molecule has 0 fully saturated rings. The number of hydrogen-bond acceptors (Lipinski definition) is 4. The predicted octanol–water partition coefficient (Wildman–Crippen LogP) is 20.3. The van der Waals surface area contributed by atoms with Crippen LogP contribution < -0.4 is 9.47 Å². The zero-order valence-corrected chi connectivity index (χ0v) is 47.9. The Balaban J connectivity index is 1.40. The monoisotopic (exact) mass is 993 g/mol. The number of hydrogen-bond donors (Lipinski definition) is 2. The van der Waals surface area contributed by atoms with Gasteiger partial charge in [0.1, 0.15) is 34.6 Å². The van der Waals surface area contributed by atoms with Gasteiger partial charge in [-0.15, -0.1) is 0 Å². The Hall–Kier alpha value is -5.62. The Morgan fingerprint density at radius 2 is 0.630 bits per heavy atom. The molecule has 6 rings (SSSR count). The van der Waals surface area contributed by atoms with Crippen LogP contribution in [0.25, 0.3) is 44.5 Å². The predicted molar refractivity (Wildman–Crippen MR) is 305 cm³/mol. The fraction of sp³-hybridized carbons (Fsp3) is 0.463. The molecule has 0 spiro atoms. The lowest BCUT2D eigenvalue weighted by Gasteiger charge is -2.30. The van der Waals surface area contributed by atoms with Gasteiger partial charge in [0.05, 0.1) is 12.2 Å². The topological polar surface area (TPSA) is 58.9 Å². The molecule has 0 saturated carbocycles. The van der Waals surface area contributed by atoms with Gasteiger partial charge in [0, 0.05) is 39.8 Å². The van der Waals surface area contributed by atoms with Gasteiger partial charge in [-0.25, -0.2) is 8.78 Å². The quantitative estimate of drug-likeness (QED) is 0.0901. The van der Waals surface area contributed by atoms with Crippen molar-refractivity contribution in [3.8, 4) is 67.5 Å². The average molecular weight is 993 g/mol. The SMILES string of the molecule is Cc1cc(-c2cc(F)ccc2O[C@H](C)C[C@H](C)Oc2ccc(F)cc2-c2cc(C)cc(-c3c(C(C)C)c(C(C)C)cc(C(C)C)c3C(C)C)c2O)c(O)c(-c2c(C(C)C)c(C(C)C)cc(C(C)C)c2C(C)C)c1. The summed E-state index contributed by atoms with van der Waals surface area (Å²) in [6, 6.07) is 21.7. The first-order chi connectivity index (χ1) is 34.1. The van der Waals surface area contributed by atoms with Crippen molar-refractivity contribution in [2.24, 2.45) is 0 Å². The maximum atomic E-state index is 15.5. The minimum atomic E-state index is -0.441. The molecule has 0 saturated heterocycles. The summed E-state index contributed by atoms with van der Waals surface area (Å²) in [5.74, 6) is 1.95. The summed E-state index contributed by atoms with van der Waals surface area (Å²) < 4.78 is 44.4. The molecule has 0 radical (unpaired) electrons. The maximum absolute atomic E-state index is 15.5. The van der Waals surface area contributed by atoms with E-state index in [1.807, 2.05) is 39.8 Å². The summed E-state index contributed by atoms with van der Waals surface area (Å²) in [6.45, 7) is 43.6. The molecule has 0 aromatic heterocycles. The van der Waals surface area contributed by atoms with Crippen LogP contribution in [-0.4, -0.2) is 22.4 Å². The lowest BCUT2D eigenvalue weighted by atomic mass is 9.74. The van der Waals surface area contributed by atoms with Crippen LogP contribution in [0.4, 0.5) is 8.78 Å². The molecule has 4 nitrogen and oxygen atoms in total. The Bertz CT molecular complexity index is 2680. The van der Waals surface area contributed by atoms with E-state index in [1.165, 1.54) is 68.8 Å². The number of aryl methyl sites for hydroxylation is 2. The van der Waals surface area contributed by atoms with Crippen LogP contribution in [0.3, 0.4) is 0 Å². The van der Waals surface area contributed by atoms with Gasteiger partial charge in [-0.05, 0) is 202 Å². The lowest BCUT2D eigenvalue weighted by Crippen LogP contribution is -2.23. The highest BCUT2D eigenvalue weighted by molar-refractivity contribution is 5.90. The molecule has 0 bridgehead atoms. The van der Waals surface area contributed by atoms with Gasteiger partial charge >= 0.3 is 0 Å². The lowest BCUT2D eigenvalue weighted by molar-refractivity contribution is 0.131. The van der Waals surface area contributed by atoms with Crippen LogP contribution in [0.5, 0.6) is 23.0 Å². The molecule has 0 aliphatic heterocycles. The first-order valence-electron chi connectivity index (χ1n) is 27.2. The Kier molecular flexibility index (Phi) is 17.8. The molecule has 0 amide bonds. The highest BCUT2D eigenvalue weighted by Gasteiger charge is 2.31. The fourth-order valence-electron chi connectivity index (χ4n) is 11.5. The molecule has 73 heavy (non-hydrogen) atoms. The first-order valence-corrected chi connectivity index (χ1v) is 27.2. The molecule has 2 N–H and O–H groups in total. The van der Waals surface area contributed by atoms with Crippen molar-refractivity contribution in [2.75, 3.05) is 0 Å². The number of phenols is 2. The van der Waals surface area contributed by atoms with Crippen molar-refractivity contribution < 1.29 is 28.5 Å². The summed E-state index contributed by atoms with van der Waals surface area (Å²) in [5.41, 5.74) is 17.4. The number of ether oxygens (including phenoxy) is 2. The van der Waals surface area contributed by atoms with Gasteiger partial charge < -0.3 is 19.7 Å². The van der Waals surface area contributed by atoms with Gasteiger partial charge in [0.15, 0.2) is 0 Å². The van der Waals surface area contributed by atoms with Gasteiger partial charge in [-0.3, -0.25) is 0 Å². The van der Waals surface area contributed by atoms with Crippen LogP contribution >= 0.6 is 0 Å². The van der Waals surface area contributed by atoms with E-state index in [2.05, 4.69) is 135 Å². The molecule has 6 aromatic rings. The van der Waals surface area contributed by atoms with Crippen LogP contribution in [0, 0.1) is 25.5 Å². The zero-order chi connectivity index (χ0) is 54.2. The largest absolute Gasteiger partial charge is 0.507 e. The van der Waals surface area contributed by atoms with Crippen molar-refractivity contribution >= 4 is 0 Å². The second kappa shape index (κ2) is 22.9. The number of aromatic hydroxyl groups is 2. The Morgan fingerprint density at radius 1 is 0.356 bits per heavy atom. The highest BCUT2D eigenvalue weighted by atomic mass is 19.1. The van der Waals surface area contributed by atoms with E-state index < -0.39 is 23.8 Å². The van der Waals surface area contributed by atoms with Crippen molar-refractivity contribution in [2.45, 2.75) is 204 Å². The maximum Gasteiger partial charge on any atom is 0.131 e. The van der Waals surface area contributed by atoms with Gasteiger partial charge in [-0.1, -0.05) is 123 Å². The van der Waals surface area contributed by atoms with E-state index >= 15 is 8.78 Å². The normalized spacial score (nSPS) is 13.0. The van der Waals surface area contributed by atoms with E-state index in [1.54, 1.807) is 12.1 Å². The fourth-order valence-corrected chi connectivity index (χ4v) is 11.5. The standard InChI is InChI=1S/C67H86F2O4/c1-34(2)48-32-49(35(3)4)61(39(11)12)64(60(48)38(9)10)56-27-42(17)25-54(66(56)70)52-30-46(68)21-23-58(52)72-44(19)29-45(20)73-59-24-22-47(69)31-53(59)55-26-43(18)28-57(67(55)71)65-62(40(13)14)50(36(5)6)33-51(37(7)8)63(65)41(15)16/h21-28,30-41,44-45,70-71H,29H2,1-20H3/t44-,45+. The van der Waals surface area contributed by atoms with E-state index in [0.717, 1.165) is 33.4 Å². The molecule has 6 aromatic carbocycles. The van der Waals surface area contributed by atoms with Gasteiger partial charge in [0.2, 0.25) is 0 Å². The summed E-state index contributed by atoms with van der Waals surface area (Å²) in [7, 11) is 0. The molecule has 0 heterocycles. The zero-order valence-electron chi connectivity index (χ0n) is 47.9. The van der Waals surface area contributed by atoms with E-state index in [0.29, 0.717) is 40.2 Å². The molecular weight excluding hydrogens is 907 g/mol. The molecule has 2 atom stereocenters. The third kappa shape index (κ3) is 11.8. The smallest absolute Gasteiger partial charge is 0.131 e. The second-order valence-corrected chi connectivity index (χ2v) is 23.5. The second-order valence-electron chi connectivity index (χ2n) is 23.5. The van der Waals surface area contributed by atoms with Crippen molar-refractivity contribution in [3.63, 3.8) is 0 Å². The van der Waals surface area contributed by atoms with Gasteiger partial charge in [-0.2, -0.15) is 0 Å². The van der Waals surface area contributed by atoms with E-state index in [4.69, 9.17) is 9.47 Å². The van der Waals surface area contributed by atoms with Crippen LogP contribution in [0.2, 0.25) is 0 Å². The first kappa shape index (κ1) is 56.7. The summed E-state index contributed by atoms with van der Waals surface area (Å²) >= 11 is 0. The molecule has 0 aliphatic rings. The van der Waals surface area contributed by atoms with Crippen molar-refractivity contribution in [1.29, 1.82) is 0 Å². The molecule has 6 heteroatoms. The van der Waals surface area contributed by atoms with E-state index in [-0.39, 0.29) is 58.8 Å². The molecule has 392 valence electrons. The van der Waals surface area contributed by atoms with Gasteiger partial charge in [0.25, 0.3) is 0 Å². The van der Waals surface area contributed by atoms with E-state index in [9.17, 15) is 10.2 Å². The van der Waals surface area contributed by atoms with Crippen molar-refractivity contribution in [3.05, 3.63) is 140 Å². The number of halogens is 2. The molecular formula is C67H86F2O4. The Labute approximate surface area is 438 Å². The third-order valence-corrected chi connectivity index (χ3v) is 14.6. The van der Waals surface area contributed by atoms with Crippen LogP contribution in [0.15, 0.2) is 72.8 Å². The van der Waals surface area contributed by atoms with Crippen LogP contribution in [0.1, 0.15) is 234 Å².